The van der Waals surface area contributed by atoms with Crippen LogP contribution in [0.25, 0.3) is 0 Å². The van der Waals surface area contributed by atoms with E-state index in [0.29, 0.717) is 24.1 Å². The number of hydrogen-bond acceptors (Lipinski definition) is 5. The van der Waals surface area contributed by atoms with Crippen LogP contribution in [0.5, 0.6) is 11.6 Å². The lowest BCUT2D eigenvalue weighted by atomic mass is 10.1. The van der Waals surface area contributed by atoms with E-state index in [4.69, 9.17) is 25.8 Å². The maximum Gasteiger partial charge on any atom is 0.226 e. The van der Waals surface area contributed by atoms with Gasteiger partial charge in [-0.2, -0.15) is 0 Å². The Labute approximate surface area is 160 Å². The van der Waals surface area contributed by atoms with Crippen molar-refractivity contribution in [1.82, 2.24) is 4.98 Å². The summed E-state index contributed by atoms with van der Waals surface area (Å²) in [7, 11) is 3.36. The van der Waals surface area contributed by atoms with Crippen LogP contribution in [0, 0.1) is 13.8 Å². The zero-order chi connectivity index (χ0) is 19.1. The number of halogens is 1. The van der Waals surface area contributed by atoms with Crippen LogP contribution in [0.4, 0.5) is 5.69 Å². The van der Waals surface area contributed by atoms with Crippen molar-refractivity contribution in [2.45, 2.75) is 39.8 Å². The third-order valence-corrected chi connectivity index (χ3v) is 4.37. The van der Waals surface area contributed by atoms with Gasteiger partial charge in [-0.15, -0.1) is 0 Å². The zero-order valence-electron chi connectivity index (χ0n) is 16.1. The van der Waals surface area contributed by atoms with Gasteiger partial charge in [0.15, 0.2) is 0 Å². The van der Waals surface area contributed by atoms with Gasteiger partial charge < -0.3 is 19.5 Å². The summed E-state index contributed by atoms with van der Waals surface area (Å²) in [5.74, 6) is 1.29. The Kier molecular flexibility index (Phi) is 7.69. The topological polar surface area (TPSA) is 52.6 Å². The highest BCUT2D eigenvalue weighted by atomic mass is 35.5. The van der Waals surface area contributed by atoms with Gasteiger partial charge in [0.25, 0.3) is 0 Å². The van der Waals surface area contributed by atoms with Gasteiger partial charge in [0.05, 0.1) is 18.8 Å². The summed E-state index contributed by atoms with van der Waals surface area (Å²) in [5.41, 5.74) is 3.73. The second-order valence-corrected chi connectivity index (χ2v) is 6.69. The van der Waals surface area contributed by atoms with Crippen molar-refractivity contribution in [3.63, 3.8) is 0 Å². The Hall–Kier alpha value is -1.82. The van der Waals surface area contributed by atoms with Crippen LogP contribution in [0.15, 0.2) is 24.4 Å². The van der Waals surface area contributed by atoms with E-state index in [9.17, 15) is 0 Å². The third-order valence-electron chi connectivity index (χ3n) is 4.15. The minimum absolute atomic E-state index is 0.199. The highest BCUT2D eigenvalue weighted by Crippen LogP contribution is 2.34. The number of ether oxygens (including phenoxy) is 3. The highest BCUT2D eigenvalue weighted by Gasteiger charge is 2.17. The van der Waals surface area contributed by atoms with Crippen molar-refractivity contribution in [2.24, 2.45) is 0 Å². The maximum absolute atomic E-state index is 6.17. The van der Waals surface area contributed by atoms with Crippen LogP contribution < -0.4 is 10.1 Å². The van der Waals surface area contributed by atoms with Gasteiger partial charge in [0.1, 0.15) is 5.75 Å². The molecule has 1 atom stereocenters. The van der Waals surface area contributed by atoms with Gasteiger partial charge in [-0.25, -0.2) is 4.98 Å². The Bertz CT molecular complexity index is 714. The Morgan fingerprint density at radius 1 is 1.15 bits per heavy atom. The average molecular weight is 379 g/mol. The molecule has 0 radical (unpaired) electrons. The van der Waals surface area contributed by atoms with Crippen molar-refractivity contribution < 1.29 is 14.2 Å². The molecule has 0 fully saturated rings. The van der Waals surface area contributed by atoms with Crippen LogP contribution in [-0.2, 0) is 16.1 Å². The fraction of sp³-hybridized carbons (Fsp3) is 0.450. The summed E-state index contributed by atoms with van der Waals surface area (Å²) in [6.45, 7) is 7.07. The smallest absolute Gasteiger partial charge is 0.226 e. The number of rotatable bonds is 9. The standard InChI is InChI=1S/C20H27ClN2O3/c1-6-16(11-24-4)23-18-7-8-22-20(17(18)12-25-5)26-19-13(2)9-15(21)10-14(19)3/h7-10,16H,6,11-12H2,1-5H3,(H,22,23). The number of nitrogens with one attached hydrogen (secondary N) is 1. The number of benzene rings is 1. The van der Waals surface area contributed by atoms with Crippen LogP contribution in [0.1, 0.15) is 30.0 Å². The molecule has 0 saturated heterocycles. The molecule has 142 valence electrons. The SMILES string of the molecule is CCC(COC)Nc1ccnc(Oc2c(C)cc(Cl)cc2C)c1COC. The minimum atomic E-state index is 0.199. The molecule has 0 aliphatic heterocycles. The first-order valence-electron chi connectivity index (χ1n) is 8.67. The summed E-state index contributed by atoms with van der Waals surface area (Å²) in [6, 6.07) is 5.90. The molecule has 5 nitrogen and oxygen atoms in total. The number of methoxy groups -OCH3 is 2. The lowest BCUT2D eigenvalue weighted by molar-refractivity contribution is 0.179. The Morgan fingerprint density at radius 2 is 1.85 bits per heavy atom. The average Bonchev–Trinajstić information content (AvgIpc) is 2.60. The number of anilines is 1. The van der Waals surface area contributed by atoms with Crippen LogP contribution in [-0.4, -0.2) is 31.9 Å². The quantitative estimate of drug-likeness (QED) is 0.655. The van der Waals surface area contributed by atoms with Crippen LogP contribution in [0.2, 0.25) is 5.02 Å². The van der Waals surface area contributed by atoms with E-state index >= 15 is 0 Å². The monoisotopic (exact) mass is 378 g/mol. The first-order valence-corrected chi connectivity index (χ1v) is 9.04. The van der Waals surface area contributed by atoms with Crippen molar-refractivity contribution >= 4 is 17.3 Å². The number of hydrogen-bond donors (Lipinski definition) is 1. The molecule has 1 unspecified atom stereocenters. The fourth-order valence-corrected chi connectivity index (χ4v) is 3.15. The lowest BCUT2D eigenvalue weighted by Crippen LogP contribution is -2.24. The Morgan fingerprint density at radius 3 is 2.42 bits per heavy atom. The number of aryl methyl sites for hydroxylation is 2. The van der Waals surface area contributed by atoms with Gasteiger partial charge in [-0.05, 0) is 49.6 Å². The molecule has 2 rings (SSSR count). The molecule has 1 aromatic carbocycles. The molecule has 0 bridgehead atoms. The largest absolute Gasteiger partial charge is 0.438 e. The molecule has 0 aliphatic rings. The van der Waals surface area contributed by atoms with Gasteiger partial charge >= 0.3 is 0 Å². The van der Waals surface area contributed by atoms with Crippen molar-refractivity contribution in [2.75, 3.05) is 26.1 Å². The maximum atomic E-state index is 6.17. The van der Waals surface area contributed by atoms with Crippen LogP contribution in [0.3, 0.4) is 0 Å². The van der Waals surface area contributed by atoms with E-state index in [1.165, 1.54) is 0 Å². The molecular formula is C20H27ClN2O3. The van der Waals surface area contributed by atoms with Crippen molar-refractivity contribution in [1.29, 1.82) is 0 Å². The summed E-state index contributed by atoms with van der Waals surface area (Å²) >= 11 is 6.12. The Balaban J connectivity index is 2.38. The van der Waals surface area contributed by atoms with E-state index in [1.54, 1.807) is 20.4 Å². The van der Waals surface area contributed by atoms with E-state index in [1.807, 2.05) is 32.0 Å². The van der Waals surface area contributed by atoms with E-state index in [2.05, 4.69) is 17.2 Å². The van der Waals surface area contributed by atoms with Gasteiger partial charge in [0.2, 0.25) is 5.88 Å². The molecule has 1 N–H and O–H groups in total. The number of aromatic nitrogens is 1. The first kappa shape index (κ1) is 20.5. The second kappa shape index (κ2) is 9.76. The fourth-order valence-electron chi connectivity index (χ4n) is 2.82. The molecule has 2 aromatic rings. The number of nitrogens with zero attached hydrogens (tertiary/aromatic N) is 1. The van der Waals surface area contributed by atoms with Crippen molar-refractivity contribution in [3.05, 3.63) is 46.1 Å². The summed E-state index contributed by atoms with van der Waals surface area (Å²) in [5, 5.41) is 4.19. The second-order valence-electron chi connectivity index (χ2n) is 6.25. The third kappa shape index (κ3) is 5.10. The molecule has 1 heterocycles. The van der Waals surface area contributed by atoms with Gasteiger partial charge in [-0.3, -0.25) is 0 Å². The van der Waals surface area contributed by atoms with Gasteiger partial charge in [0, 0.05) is 37.2 Å². The van der Waals surface area contributed by atoms with Gasteiger partial charge in [-0.1, -0.05) is 18.5 Å². The van der Waals surface area contributed by atoms with E-state index in [0.717, 1.165) is 34.5 Å². The molecule has 0 amide bonds. The molecule has 0 saturated carbocycles. The number of pyridine rings is 1. The van der Waals surface area contributed by atoms with Crippen molar-refractivity contribution in [3.8, 4) is 11.6 Å². The minimum Gasteiger partial charge on any atom is -0.438 e. The summed E-state index contributed by atoms with van der Waals surface area (Å²) in [6.07, 6.45) is 2.67. The molecule has 1 aromatic heterocycles. The molecule has 0 spiro atoms. The molecule has 0 aliphatic carbocycles. The molecule has 26 heavy (non-hydrogen) atoms. The van der Waals surface area contributed by atoms with E-state index in [-0.39, 0.29) is 6.04 Å². The lowest BCUT2D eigenvalue weighted by Gasteiger charge is -2.21. The highest BCUT2D eigenvalue weighted by molar-refractivity contribution is 6.30. The first-order chi connectivity index (χ1) is 12.5. The zero-order valence-corrected chi connectivity index (χ0v) is 16.8. The van der Waals surface area contributed by atoms with E-state index < -0.39 is 0 Å². The summed E-state index contributed by atoms with van der Waals surface area (Å²) in [4.78, 5) is 4.43. The molecular weight excluding hydrogens is 352 g/mol. The van der Waals surface area contributed by atoms with Crippen LogP contribution >= 0.6 is 11.6 Å². The molecule has 6 heteroatoms. The summed E-state index contributed by atoms with van der Waals surface area (Å²) < 4.78 is 16.8. The predicted molar refractivity (Wildman–Crippen MR) is 106 cm³/mol. The predicted octanol–water partition coefficient (Wildman–Crippen LogP) is 5.13. The normalized spacial score (nSPS) is 12.1.